The Morgan fingerprint density at radius 2 is 2.04 bits per heavy atom. The summed E-state index contributed by atoms with van der Waals surface area (Å²) < 4.78 is 0.951. The number of thiophene rings is 1. The van der Waals surface area contributed by atoms with E-state index in [0.29, 0.717) is 11.1 Å². The van der Waals surface area contributed by atoms with E-state index in [1.165, 1.54) is 22.5 Å². The molecule has 5 heteroatoms. The van der Waals surface area contributed by atoms with Gasteiger partial charge in [0.15, 0.2) is 0 Å². The van der Waals surface area contributed by atoms with Gasteiger partial charge in [-0.2, -0.15) is 5.26 Å². The van der Waals surface area contributed by atoms with Crippen molar-refractivity contribution in [2.24, 2.45) is 0 Å². The van der Waals surface area contributed by atoms with E-state index >= 15 is 0 Å². The van der Waals surface area contributed by atoms with Crippen molar-refractivity contribution in [3.05, 3.63) is 64.0 Å². The number of hydrogen-bond donors (Lipinski definition) is 2. The van der Waals surface area contributed by atoms with Crippen molar-refractivity contribution >= 4 is 33.0 Å². The minimum Gasteiger partial charge on any atom is -0.322 e. The molecule has 0 atom stereocenters. The van der Waals surface area contributed by atoms with Crippen LogP contribution in [0.25, 0.3) is 10.1 Å². The van der Waals surface area contributed by atoms with Gasteiger partial charge in [0.05, 0.1) is 5.56 Å². The first-order valence-corrected chi connectivity index (χ1v) is 8.18. The van der Waals surface area contributed by atoms with E-state index in [4.69, 9.17) is 5.26 Å². The van der Waals surface area contributed by atoms with E-state index in [1.807, 2.05) is 35.7 Å². The molecule has 1 aromatic heterocycles. The van der Waals surface area contributed by atoms with Crippen LogP contribution in [-0.4, -0.2) is 5.91 Å². The van der Waals surface area contributed by atoms with Crippen molar-refractivity contribution in [3.8, 4) is 6.07 Å². The van der Waals surface area contributed by atoms with Crippen LogP contribution in [0.1, 0.15) is 27.0 Å². The van der Waals surface area contributed by atoms with Crippen LogP contribution in [-0.2, 0) is 13.1 Å². The molecule has 2 heterocycles. The zero-order valence-electron chi connectivity index (χ0n) is 12.2. The highest BCUT2D eigenvalue weighted by atomic mass is 32.1. The van der Waals surface area contributed by atoms with Gasteiger partial charge < -0.3 is 10.6 Å². The van der Waals surface area contributed by atoms with Crippen molar-refractivity contribution in [2.75, 3.05) is 5.32 Å². The number of fused-ring (bicyclic) bond motifs is 2. The Kier molecular flexibility index (Phi) is 3.34. The first-order chi connectivity index (χ1) is 11.2. The van der Waals surface area contributed by atoms with Gasteiger partial charge in [-0.25, -0.2) is 0 Å². The van der Waals surface area contributed by atoms with E-state index in [0.717, 1.165) is 28.9 Å². The van der Waals surface area contributed by atoms with Crippen molar-refractivity contribution in [1.29, 1.82) is 5.26 Å². The van der Waals surface area contributed by atoms with Gasteiger partial charge in [0.2, 0.25) is 0 Å². The minimum atomic E-state index is -0.135. The number of nitrogens with one attached hydrogen (secondary N) is 2. The Hall–Kier alpha value is -2.68. The topological polar surface area (TPSA) is 64.9 Å². The van der Waals surface area contributed by atoms with Gasteiger partial charge in [-0.05, 0) is 35.4 Å². The molecule has 0 aliphatic carbocycles. The Morgan fingerprint density at radius 3 is 2.91 bits per heavy atom. The van der Waals surface area contributed by atoms with Crippen LogP contribution in [0.3, 0.4) is 0 Å². The molecule has 0 fully saturated rings. The van der Waals surface area contributed by atoms with E-state index in [9.17, 15) is 4.79 Å². The minimum absolute atomic E-state index is 0.135. The van der Waals surface area contributed by atoms with Crippen LogP contribution in [0.15, 0.2) is 41.8 Å². The van der Waals surface area contributed by atoms with Crippen LogP contribution < -0.4 is 10.6 Å². The van der Waals surface area contributed by atoms with Crippen molar-refractivity contribution in [1.82, 2.24) is 5.32 Å². The summed E-state index contributed by atoms with van der Waals surface area (Å²) in [5.41, 5.74) is 4.58. The van der Waals surface area contributed by atoms with E-state index in [2.05, 4.69) is 16.7 Å². The van der Waals surface area contributed by atoms with Crippen molar-refractivity contribution in [2.45, 2.75) is 13.1 Å². The molecule has 0 saturated heterocycles. The maximum Gasteiger partial charge on any atom is 0.255 e. The van der Waals surface area contributed by atoms with Crippen LogP contribution >= 0.6 is 11.3 Å². The van der Waals surface area contributed by atoms with Gasteiger partial charge in [0, 0.05) is 39.8 Å². The molecule has 0 radical (unpaired) electrons. The van der Waals surface area contributed by atoms with Gasteiger partial charge in [-0.15, -0.1) is 11.3 Å². The number of rotatable bonds is 2. The Morgan fingerprint density at radius 1 is 1.17 bits per heavy atom. The summed E-state index contributed by atoms with van der Waals surface area (Å²) in [5.74, 6) is -0.135. The molecule has 2 aromatic carbocycles. The Bertz CT molecular complexity index is 968. The van der Waals surface area contributed by atoms with Crippen LogP contribution in [0.4, 0.5) is 5.69 Å². The molecule has 1 aliphatic heterocycles. The van der Waals surface area contributed by atoms with Crippen LogP contribution in [0, 0.1) is 11.3 Å². The zero-order chi connectivity index (χ0) is 15.8. The molecule has 0 saturated carbocycles. The fourth-order valence-corrected chi connectivity index (χ4v) is 3.76. The fraction of sp³-hybridized carbons (Fsp3) is 0.111. The quantitative estimate of drug-likeness (QED) is 0.758. The lowest BCUT2D eigenvalue weighted by molar-refractivity contribution is 0.102. The molecule has 2 N–H and O–H groups in total. The second-order valence-corrected chi connectivity index (χ2v) is 6.42. The average molecular weight is 319 g/mol. The van der Waals surface area contributed by atoms with Gasteiger partial charge in [-0.3, -0.25) is 4.79 Å². The number of carbonyl (C=O) groups is 1. The Balaban J connectivity index is 1.60. The number of nitriles is 1. The number of carbonyl (C=O) groups excluding carboxylic acids is 1. The second-order valence-electron chi connectivity index (χ2n) is 5.51. The van der Waals surface area contributed by atoms with Gasteiger partial charge >= 0.3 is 0 Å². The molecule has 0 unspecified atom stereocenters. The first kappa shape index (κ1) is 13.9. The summed E-state index contributed by atoms with van der Waals surface area (Å²) in [6, 6.07) is 13.6. The largest absolute Gasteiger partial charge is 0.322 e. The standard InChI is InChI=1S/C18H13N3OS/c19-7-14-10-23-17-6-11(2-4-16(14)17)18(22)21-15-3-1-12-8-20-9-13(12)5-15/h1-6,10,20H,8-9H2,(H,21,22). The van der Waals surface area contributed by atoms with Gasteiger partial charge in [-0.1, -0.05) is 12.1 Å². The highest BCUT2D eigenvalue weighted by molar-refractivity contribution is 7.17. The van der Waals surface area contributed by atoms with Crippen molar-refractivity contribution in [3.63, 3.8) is 0 Å². The predicted octanol–water partition coefficient (Wildman–Crippen LogP) is 3.63. The molecule has 0 bridgehead atoms. The Labute approximate surface area is 137 Å². The molecule has 4 nitrogen and oxygen atoms in total. The monoisotopic (exact) mass is 319 g/mol. The first-order valence-electron chi connectivity index (χ1n) is 7.30. The summed E-state index contributed by atoms with van der Waals surface area (Å²) in [7, 11) is 0. The lowest BCUT2D eigenvalue weighted by Gasteiger charge is -2.07. The lowest BCUT2D eigenvalue weighted by Crippen LogP contribution is -2.11. The number of amides is 1. The maximum atomic E-state index is 12.4. The van der Waals surface area contributed by atoms with E-state index in [-0.39, 0.29) is 5.91 Å². The molecule has 1 aliphatic rings. The lowest BCUT2D eigenvalue weighted by atomic mass is 10.1. The summed E-state index contributed by atoms with van der Waals surface area (Å²) in [5, 5.41) is 18.0. The second kappa shape index (κ2) is 5.51. The van der Waals surface area contributed by atoms with E-state index in [1.54, 1.807) is 6.07 Å². The molecule has 0 spiro atoms. The molecular weight excluding hydrogens is 306 g/mol. The smallest absolute Gasteiger partial charge is 0.255 e. The molecular formula is C18H13N3OS. The van der Waals surface area contributed by atoms with E-state index < -0.39 is 0 Å². The number of nitrogens with zero attached hydrogens (tertiary/aromatic N) is 1. The maximum absolute atomic E-state index is 12.4. The fourth-order valence-electron chi connectivity index (χ4n) is 2.83. The molecule has 112 valence electrons. The number of benzene rings is 2. The molecule has 1 amide bonds. The average Bonchev–Trinajstić information content (AvgIpc) is 3.19. The van der Waals surface area contributed by atoms with Crippen LogP contribution in [0.2, 0.25) is 0 Å². The summed E-state index contributed by atoms with van der Waals surface area (Å²) in [6.45, 7) is 1.73. The predicted molar refractivity (Wildman–Crippen MR) is 91.5 cm³/mol. The van der Waals surface area contributed by atoms with Crippen molar-refractivity contribution < 1.29 is 4.79 Å². The normalized spacial score (nSPS) is 12.8. The molecule has 3 aromatic rings. The SMILES string of the molecule is N#Cc1csc2cc(C(=O)Nc3ccc4c(c3)CNC4)ccc12. The third-order valence-corrected chi connectivity index (χ3v) is 5.00. The molecule has 23 heavy (non-hydrogen) atoms. The third-order valence-electron chi connectivity index (χ3n) is 4.05. The molecule has 4 rings (SSSR count). The highest BCUT2D eigenvalue weighted by Gasteiger charge is 2.13. The highest BCUT2D eigenvalue weighted by Crippen LogP contribution is 2.27. The van der Waals surface area contributed by atoms with Gasteiger partial charge in [0.1, 0.15) is 6.07 Å². The summed E-state index contributed by atoms with van der Waals surface area (Å²) in [6.07, 6.45) is 0. The number of anilines is 1. The summed E-state index contributed by atoms with van der Waals surface area (Å²) in [4.78, 5) is 12.4. The zero-order valence-corrected chi connectivity index (χ0v) is 13.0. The van der Waals surface area contributed by atoms with Crippen LogP contribution in [0.5, 0.6) is 0 Å². The number of hydrogen-bond acceptors (Lipinski definition) is 4. The summed E-state index contributed by atoms with van der Waals surface area (Å²) >= 11 is 1.48. The van der Waals surface area contributed by atoms with Gasteiger partial charge in [0.25, 0.3) is 5.91 Å². The third kappa shape index (κ3) is 2.48.